The number of hydrogen-bond donors (Lipinski definition) is 1. The molecule has 0 aliphatic rings. The number of rotatable bonds is 6. The van der Waals surface area contributed by atoms with Gasteiger partial charge in [-0.2, -0.15) is 13.2 Å². The van der Waals surface area contributed by atoms with Crippen molar-refractivity contribution in [1.29, 1.82) is 0 Å². The predicted molar refractivity (Wildman–Crippen MR) is 63.8 cm³/mol. The van der Waals surface area contributed by atoms with Gasteiger partial charge in [0.1, 0.15) is 0 Å². The summed E-state index contributed by atoms with van der Waals surface area (Å²) in [7, 11) is 0. The second-order valence-corrected chi connectivity index (χ2v) is 5.44. The van der Waals surface area contributed by atoms with Gasteiger partial charge in [0.25, 0.3) is 0 Å². The van der Waals surface area contributed by atoms with Crippen LogP contribution in [-0.4, -0.2) is 37.6 Å². The molecule has 1 heterocycles. The number of aryl methyl sites for hydroxylation is 2. The quantitative estimate of drug-likeness (QED) is 0.819. The Balaban J connectivity index is 2.56. The fraction of sp³-hybridized carbons (Fsp3) is 0.556. The van der Waals surface area contributed by atoms with E-state index in [1.165, 1.54) is 0 Å². The molecular weight excluding hydrogens is 289 g/mol. The topological polar surface area (TPSA) is 55.1 Å². The van der Waals surface area contributed by atoms with Gasteiger partial charge in [0.05, 0.1) is 11.4 Å². The van der Waals surface area contributed by atoms with Gasteiger partial charge in [-0.05, 0) is 18.7 Å². The van der Waals surface area contributed by atoms with Gasteiger partial charge in [-0.1, -0.05) is 11.8 Å². The fourth-order valence-corrected chi connectivity index (χ4v) is 2.48. The second kappa shape index (κ2) is 6.37. The van der Waals surface area contributed by atoms with E-state index in [4.69, 9.17) is 5.11 Å². The summed E-state index contributed by atoms with van der Waals surface area (Å²) >= 11 is 0.892. The zero-order valence-corrected chi connectivity index (χ0v) is 11.0. The molecule has 1 rings (SSSR count). The van der Waals surface area contributed by atoms with Gasteiger partial charge < -0.3 is 9.67 Å². The van der Waals surface area contributed by atoms with Crippen molar-refractivity contribution < 1.29 is 23.1 Å². The van der Waals surface area contributed by atoms with Crippen molar-refractivity contribution >= 4 is 29.5 Å². The van der Waals surface area contributed by atoms with Crippen molar-refractivity contribution in [2.45, 2.75) is 24.1 Å². The highest BCUT2D eigenvalue weighted by Gasteiger charge is 2.27. The standard InChI is InChI=1S/C9H11F3N2O2S2/c1-6-4-14(2-3-18-9(10,11)12)8(13-6)17-5-7(15)16/h4H,2-3,5H2,1H3,(H,15,16). The summed E-state index contributed by atoms with van der Waals surface area (Å²) in [5.41, 5.74) is -3.59. The lowest BCUT2D eigenvalue weighted by atomic mass is 10.6. The zero-order valence-electron chi connectivity index (χ0n) is 9.40. The van der Waals surface area contributed by atoms with Crippen LogP contribution in [0.2, 0.25) is 0 Å². The Morgan fingerprint density at radius 3 is 2.78 bits per heavy atom. The molecule has 1 aromatic heterocycles. The molecule has 0 aliphatic heterocycles. The average Bonchev–Trinajstić information content (AvgIpc) is 2.54. The average molecular weight is 300 g/mol. The molecule has 4 nitrogen and oxygen atoms in total. The van der Waals surface area contributed by atoms with Crippen LogP contribution in [0.25, 0.3) is 0 Å². The number of thioether (sulfide) groups is 2. The zero-order chi connectivity index (χ0) is 13.8. The maximum absolute atomic E-state index is 12.0. The highest BCUT2D eigenvalue weighted by molar-refractivity contribution is 8.00. The molecule has 18 heavy (non-hydrogen) atoms. The number of aliphatic carboxylic acids is 1. The number of halogens is 3. The first kappa shape index (κ1) is 15.2. The van der Waals surface area contributed by atoms with Crippen LogP contribution in [0, 0.1) is 6.92 Å². The molecule has 0 spiro atoms. The Hall–Kier alpha value is -0.830. The Morgan fingerprint density at radius 2 is 2.22 bits per heavy atom. The van der Waals surface area contributed by atoms with Crippen LogP contribution in [0.5, 0.6) is 0 Å². The van der Waals surface area contributed by atoms with Crippen molar-refractivity contribution in [2.75, 3.05) is 11.5 Å². The molecule has 0 fully saturated rings. The molecule has 0 saturated carbocycles. The molecule has 0 bridgehead atoms. The van der Waals surface area contributed by atoms with E-state index in [0.29, 0.717) is 10.9 Å². The lowest BCUT2D eigenvalue weighted by Gasteiger charge is -2.08. The van der Waals surface area contributed by atoms with E-state index in [9.17, 15) is 18.0 Å². The third-order valence-electron chi connectivity index (χ3n) is 1.78. The minimum Gasteiger partial charge on any atom is -0.481 e. The minimum absolute atomic E-state index is 0.103. The summed E-state index contributed by atoms with van der Waals surface area (Å²) < 4.78 is 37.5. The number of aromatic nitrogens is 2. The normalized spacial score (nSPS) is 11.8. The smallest absolute Gasteiger partial charge is 0.441 e. The van der Waals surface area contributed by atoms with Gasteiger partial charge >= 0.3 is 11.5 Å². The molecular formula is C9H11F3N2O2S2. The van der Waals surface area contributed by atoms with E-state index in [-0.39, 0.29) is 29.8 Å². The van der Waals surface area contributed by atoms with Gasteiger partial charge in [0.15, 0.2) is 5.16 Å². The summed E-state index contributed by atoms with van der Waals surface area (Å²) in [5, 5.41) is 8.97. The van der Waals surface area contributed by atoms with Crippen molar-refractivity contribution in [1.82, 2.24) is 9.55 Å². The number of imidazole rings is 1. The molecule has 0 aromatic carbocycles. The monoisotopic (exact) mass is 300 g/mol. The fourth-order valence-electron chi connectivity index (χ4n) is 1.19. The van der Waals surface area contributed by atoms with Crippen LogP contribution >= 0.6 is 23.5 Å². The Kier molecular flexibility index (Phi) is 5.39. The molecule has 102 valence electrons. The SMILES string of the molecule is Cc1cn(CCSC(F)(F)F)c(SCC(=O)O)n1. The van der Waals surface area contributed by atoms with Gasteiger partial charge in [-0.3, -0.25) is 4.79 Å². The van der Waals surface area contributed by atoms with Crippen LogP contribution in [0.3, 0.4) is 0 Å². The van der Waals surface area contributed by atoms with E-state index in [2.05, 4.69) is 4.98 Å². The third-order valence-corrected chi connectivity index (χ3v) is 3.47. The summed E-state index contributed by atoms with van der Waals surface area (Å²) in [6, 6.07) is 0. The van der Waals surface area contributed by atoms with Gasteiger partial charge in [-0.15, -0.1) is 0 Å². The van der Waals surface area contributed by atoms with Crippen molar-refractivity contribution in [3.8, 4) is 0 Å². The molecule has 0 aliphatic carbocycles. The summed E-state index contributed by atoms with van der Waals surface area (Å²) in [6.07, 6.45) is 1.61. The maximum atomic E-state index is 12.0. The number of alkyl halides is 3. The molecule has 1 aromatic rings. The molecule has 0 amide bonds. The molecule has 0 radical (unpaired) electrons. The van der Waals surface area contributed by atoms with Crippen LogP contribution < -0.4 is 0 Å². The first-order valence-corrected chi connectivity index (χ1v) is 6.84. The number of carboxylic acid groups (broad SMARTS) is 1. The molecule has 1 N–H and O–H groups in total. The van der Waals surface area contributed by atoms with Crippen molar-refractivity contribution in [3.05, 3.63) is 11.9 Å². The van der Waals surface area contributed by atoms with Crippen LogP contribution in [-0.2, 0) is 11.3 Å². The van der Waals surface area contributed by atoms with Crippen LogP contribution in [0.15, 0.2) is 11.4 Å². The molecule has 0 saturated heterocycles. The Morgan fingerprint density at radius 1 is 1.56 bits per heavy atom. The lowest BCUT2D eigenvalue weighted by molar-refractivity contribution is -0.133. The molecule has 9 heteroatoms. The largest absolute Gasteiger partial charge is 0.481 e. The molecule has 0 unspecified atom stereocenters. The maximum Gasteiger partial charge on any atom is 0.441 e. The highest BCUT2D eigenvalue weighted by atomic mass is 32.2. The summed E-state index contributed by atoms with van der Waals surface area (Å²) in [6.45, 7) is 1.85. The van der Waals surface area contributed by atoms with E-state index < -0.39 is 11.5 Å². The lowest BCUT2D eigenvalue weighted by Crippen LogP contribution is -2.08. The third kappa shape index (κ3) is 5.67. The van der Waals surface area contributed by atoms with Gasteiger partial charge in [-0.25, -0.2) is 4.98 Å². The summed E-state index contributed by atoms with van der Waals surface area (Å²) in [4.78, 5) is 14.5. The summed E-state index contributed by atoms with van der Waals surface area (Å²) in [5.74, 6) is -1.28. The molecule has 0 atom stereocenters. The first-order valence-electron chi connectivity index (χ1n) is 4.87. The van der Waals surface area contributed by atoms with Gasteiger partial charge in [0, 0.05) is 18.5 Å². The van der Waals surface area contributed by atoms with E-state index in [1.54, 1.807) is 17.7 Å². The van der Waals surface area contributed by atoms with Crippen LogP contribution in [0.4, 0.5) is 13.2 Å². The number of carbonyl (C=O) groups is 1. The number of hydrogen-bond acceptors (Lipinski definition) is 4. The second-order valence-electron chi connectivity index (χ2n) is 3.33. The van der Waals surface area contributed by atoms with Crippen LogP contribution in [0.1, 0.15) is 5.69 Å². The number of nitrogens with zero attached hydrogens (tertiary/aromatic N) is 2. The van der Waals surface area contributed by atoms with Crippen molar-refractivity contribution in [3.63, 3.8) is 0 Å². The predicted octanol–water partition coefficient (Wildman–Crippen LogP) is 2.62. The Bertz CT molecular complexity index is 420. The minimum atomic E-state index is -4.25. The van der Waals surface area contributed by atoms with E-state index in [0.717, 1.165) is 11.8 Å². The van der Waals surface area contributed by atoms with Crippen molar-refractivity contribution in [2.24, 2.45) is 0 Å². The van der Waals surface area contributed by atoms with E-state index >= 15 is 0 Å². The van der Waals surface area contributed by atoms with Gasteiger partial charge in [0.2, 0.25) is 0 Å². The number of carboxylic acids is 1. The van der Waals surface area contributed by atoms with E-state index in [1.807, 2.05) is 0 Å². The highest BCUT2D eigenvalue weighted by Crippen LogP contribution is 2.30. The Labute approximate surface area is 110 Å². The first-order chi connectivity index (χ1) is 8.28.